The minimum absolute atomic E-state index is 0. The van der Waals surface area contributed by atoms with Gasteiger partial charge in [0, 0.05) is 32.2 Å². The zero-order valence-electron chi connectivity index (χ0n) is 18.7. The average molecular weight is 482 g/mol. The second-order valence-electron chi connectivity index (χ2n) is 8.08. The number of benzene rings is 2. The Morgan fingerprint density at radius 1 is 1.00 bits per heavy atom. The standard InChI is InChI=1S/C24H31N3O3.2ClH/c1-29-21-10-8-18-7-9-20(15-19(18)16-21)25-24(28)17-26-11-13-27(14-12-26)22-5-3-4-6-23(22)30-2;;/h3-6,8,10,16,20H,7,9,11-15,17H2,1-2H3,(H,25,28);2*1H. The largest absolute Gasteiger partial charge is 0.497 e. The molecule has 0 saturated carbocycles. The van der Waals surface area contributed by atoms with E-state index >= 15 is 0 Å². The molecule has 1 heterocycles. The molecule has 1 amide bonds. The van der Waals surface area contributed by atoms with E-state index < -0.39 is 0 Å². The van der Waals surface area contributed by atoms with E-state index in [-0.39, 0.29) is 36.8 Å². The molecule has 1 N–H and O–H groups in total. The molecule has 2 aromatic carbocycles. The molecule has 1 saturated heterocycles. The Balaban J connectivity index is 0.00000181. The SMILES string of the molecule is COc1ccc2c(c1)CC(NC(=O)CN1CCN(c3ccccc3OC)CC1)CC2.Cl.Cl. The first-order chi connectivity index (χ1) is 14.7. The summed E-state index contributed by atoms with van der Waals surface area (Å²) in [6.07, 6.45) is 2.87. The van der Waals surface area contributed by atoms with E-state index in [9.17, 15) is 4.79 Å². The molecule has 0 spiro atoms. The monoisotopic (exact) mass is 481 g/mol. The van der Waals surface area contributed by atoms with Crippen LogP contribution in [0.3, 0.4) is 0 Å². The van der Waals surface area contributed by atoms with E-state index in [0.29, 0.717) is 6.54 Å². The lowest BCUT2D eigenvalue weighted by atomic mass is 9.88. The molecule has 1 unspecified atom stereocenters. The number of nitrogens with one attached hydrogen (secondary N) is 1. The van der Waals surface area contributed by atoms with Crippen LogP contribution in [-0.2, 0) is 17.6 Å². The van der Waals surface area contributed by atoms with Crippen LogP contribution in [0.15, 0.2) is 42.5 Å². The van der Waals surface area contributed by atoms with Crippen LogP contribution in [0.4, 0.5) is 5.69 Å². The number of methoxy groups -OCH3 is 2. The number of anilines is 1. The molecule has 1 atom stereocenters. The van der Waals surface area contributed by atoms with Crippen molar-refractivity contribution in [1.82, 2.24) is 10.2 Å². The van der Waals surface area contributed by atoms with Crippen LogP contribution < -0.4 is 19.7 Å². The lowest BCUT2D eigenvalue weighted by molar-refractivity contribution is -0.123. The predicted octanol–water partition coefficient (Wildman–Crippen LogP) is 3.34. The van der Waals surface area contributed by atoms with Gasteiger partial charge in [0.1, 0.15) is 11.5 Å². The molecule has 0 bridgehead atoms. The number of piperazine rings is 1. The van der Waals surface area contributed by atoms with Gasteiger partial charge in [0.15, 0.2) is 0 Å². The van der Waals surface area contributed by atoms with Crippen molar-refractivity contribution < 1.29 is 14.3 Å². The Kier molecular flexibility index (Phi) is 9.94. The fourth-order valence-electron chi connectivity index (χ4n) is 4.50. The lowest BCUT2D eigenvalue weighted by Gasteiger charge is -2.36. The summed E-state index contributed by atoms with van der Waals surface area (Å²) in [5.74, 6) is 1.91. The Morgan fingerprint density at radius 2 is 1.75 bits per heavy atom. The van der Waals surface area contributed by atoms with Gasteiger partial charge >= 0.3 is 0 Å². The highest BCUT2D eigenvalue weighted by Gasteiger charge is 2.24. The van der Waals surface area contributed by atoms with Crippen molar-refractivity contribution in [1.29, 1.82) is 0 Å². The number of amides is 1. The summed E-state index contributed by atoms with van der Waals surface area (Å²) in [7, 11) is 3.40. The smallest absolute Gasteiger partial charge is 0.234 e. The summed E-state index contributed by atoms with van der Waals surface area (Å²) < 4.78 is 10.8. The number of hydrogen-bond acceptors (Lipinski definition) is 5. The maximum atomic E-state index is 12.7. The number of rotatable bonds is 6. The second kappa shape index (κ2) is 12.2. The van der Waals surface area contributed by atoms with Gasteiger partial charge in [-0.15, -0.1) is 24.8 Å². The molecule has 1 fully saturated rings. The van der Waals surface area contributed by atoms with Crippen molar-refractivity contribution in [2.45, 2.75) is 25.3 Å². The summed E-state index contributed by atoms with van der Waals surface area (Å²) in [6, 6.07) is 14.6. The molecule has 32 heavy (non-hydrogen) atoms. The number of nitrogens with zero attached hydrogens (tertiary/aromatic N) is 2. The van der Waals surface area contributed by atoms with Crippen LogP contribution in [-0.4, -0.2) is 63.8 Å². The molecule has 4 rings (SSSR count). The van der Waals surface area contributed by atoms with Crippen molar-refractivity contribution in [3.8, 4) is 11.5 Å². The van der Waals surface area contributed by atoms with E-state index in [2.05, 4.69) is 33.3 Å². The fourth-order valence-corrected chi connectivity index (χ4v) is 4.50. The van der Waals surface area contributed by atoms with Gasteiger partial charge in [0.2, 0.25) is 5.91 Å². The van der Waals surface area contributed by atoms with E-state index in [4.69, 9.17) is 9.47 Å². The summed E-state index contributed by atoms with van der Waals surface area (Å²) in [5.41, 5.74) is 3.78. The molecule has 1 aliphatic carbocycles. The van der Waals surface area contributed by atoms with Gasteiger partial charge in [-0.3, -0.25) is 9.69 Å². The number of ether oxygens (including phenoxy) is 2. The van der Waals surface area contributed by atoms with Gasteiger partial charge < -0.3 is 19.7 Å². The van der Waals surface area contributed by atoms with Crippen LogP contribution in [0.2, 0.25) is 0 Å². The Morgan fingerprint density at radius 3 is 2.47 bits per heavy atom. The van der Waals surface area contributed by atoms with Gasteiger partial charge in [-0.1, -0.05) is 18.2 Å². The van der Waals surface area contributed by atoms with Crippen LogP contribution >= 0.6 is 24.8 Å². The fraction of sp³-hybridized carbons (Fsp3) is 0.458. The molecule has 176 valence electrons. The molecular formula is C24H33Cl2N3O3. The lowest BCUT2D eigenvalue weighted by Crippen LogP contribution is -2.51. The summed E-state index contributed by atoms with van der Waals surface area (Å²) in [5, 5.41) is 3.25. The van der Waals surface area contributed by atoms with Crippen LogP contribution in [0.5, 0.6) is 11.5 Å². The normalized spacial score (nSPS) is 17.9. The average Bonchev–Trinajstić information content (AvgIpc) is 2.79. The number of carbonyl (C=O) groups is 1. The number of para-hydroxylation sites is 2. The third kappa shape index (κ3) is 6.21. The zero-order valence-corrected chi connectivity index (χ0v) is 20.3. The number of halogens is 2. The van der Waals surface area contributed by atoms with Gasteiger partial charge in [0.25, 0.3) is 0 Å². The van der Waals surface area contributed by atoms with Crippen molar-refractivity contribution in [2.75, 3.05) is 51.8 Å². The van der Waals surface area contributed by atoms with Crippen LogP contribution in [0.25, 0.3) is 0 Å². The van der Waals surface area contributed by atoms with Crippen LogP contribution in [0.1, 0.15) is 17.5 Å². The number of hydrogen-bond donors (Lipinski definition) is 1. The van der Waals surface area contributed by atoms with Crippen molar-refractivity contribution in [2.24, 2.45) is 0 Å². The third-order valence-electron chi connectivity index (χ3n) is 6.17. The molecule has 0 radical (unpaired) electrons. The molecule has 1 aliphatic heterocycles. The summed E-state index contributed by atoms with van der Waals surface area (Å²) in [4.78, 5) is 17.2. The van der Waals surface area contributed by atoms with Gasteiger partial charge in [0.05, 0.1) is 26.5 Å². The summed E-state index contributed by atoms with van der Waals surface area (Å²) in [6.45, 7) is 3.99. The maximum absolute atomic E-state index is 12.7. The number of carbonyl (C=O) groups excluding carboxylic acids is 1. The van der Waals surface area contributed by atoms with Crippen molar-refractivity contribution in [3.63, 3.8) is 0 Å². The molecule has 2 aliphatic rings. The van der Waals surface area contributed by atoms with E-state index in [0.717, 1.165) is 62.6 Å². The zero-order chi connectivity index (χ0) is 20.9. The van der Waals surface area contributed by atoms with E-state index in [1.807, 2.05) is 24.3 Å². The molecule has 2 aromatic rings. The Bertz CT molecular complexity index is 889. The van der Waals surface area contributed by atoms with E-state index in [1.54, 1.807) is 14.2 Å². The van der Waals surface area contributed by atoms with Gasteiger partial charge in [-0.25, -0.2) is 0 Å². The summed E-state index contributed by atoms with van der Waals surface area (Å²) >= 11 is 0. The van der Waals surface area contributed by atoms with Gasteiger partial charge in [-0.05, 0) is 54.7 Å². The highest BCUT2D eigenvalue weighted by Crippen LogP contribution is 2.28. The topological polar surface area (TPSA) is 54.0 Å². The van der Waals surface area contributed by atoms with Crippen LogP contribution in [0, 0.1) is 0 Å². The third-order valence-corrected chi connectivity index (χ3v) is 6.17. The minimum Gasteiger partial charge on any atom is -0.497 e. The number of aryl methyl sites for hydroxylation is 1. The van der Waals surface area contributed by atoms with Crippen molar-refractivity contribution in [3.05, 3.63) is 53.6 Å². The molecular weight excluding hydrogens is 449 g/mol. The first-order valence-corrected chi connectivity index (χ1v) is 10.7. The highest BCUT2D eigenvalue weighted by atomic mass is 35.5. The molecule has 8 heteroatoms. The quantitative estimate of drug-likeness (QED) is 0.685. The number of fused-ring (bicyclic) bond motifs is 1. The minimum atomic E-state index is 0. The first kappa shape index (κ1) is 26.1. The van der Waals surface area contributed by atoms with Crippen molar-refractivity contribution >= 4 is 36.4 Å². The Hall–Kier alpha value is -2.15. The second-order valence-corrected chi connectivity index (χ2v) is 8.08. The predicted molar refractivity (Wildman–Crippen MR) is 133 cm³/mol. The molecule has 0 aromatic heterocycles. The highest BCUT2D eigenvalue weighted by molar-refractivity contribution is 5.85. The molecule has 6 nitrogen and oxygen atoms in total. The maximum Gasteiger partial charge on any atom is 0.234 e. The Labute approximate surface area is 203 Å². The van der Waals surface area contributed by atoms with E-state index in [1.165, 1.54) is 11.1 Å². The first-order valence-electron chi connectivity index (χ1n) is 10.7. The van der Waals surface area contributed by atoms with Gasteiger partial charge in [-0.2, -0.15) is 0 Å².